The van der Waals surface area contributed by atoms with Crippen LogP contribution in [0.4, 0.5) is 5.69 Å². The summed E-state index contributed by atoms with van der Waals surface area (Å²) in [5.41, 5.74) is 3.86. The average molecular weight is 357 g/mol. The lowest BCUT2D eigenvalue weighted by molar-refractivity contribution is 0.473. The fourth-order valence-electron chi connectivity index (χ4n) is 2.41. The number of hydrogen-bond donors (Lipinski definition) is 0. The minimum absolute atomic E-state index is 0.502. The highest BCUT2D eigenvalue weighted by molar-refractivity contribution is 5.96. The van der Waals surface area contributed by atoms with E-state index in [4.69, 9.17) is 9.47 Å². The molecule has 3 rings (SSSR count). The quantitative estimate of drug-likeness (QED) is 0.301. The van der Waals surface area contributed by atoms with E-state index >= 15 is 0 Å². The highest BCUT2D eigenvalue weighted by Crippen LogP contribution is 2.21. The summed E-state index contributed by atoms with van der Waals surface area (Å²) in [7, 11) is 0. The second-order valence-corrected chi connectivity index (χ2v) is 6.35. The van der Waals surface area contributed by atoms with E-state index in [0.29, 0.717) is 5.90 Å². The molecule has 0 bridgehead atoms. The summed E-state index contributed by atoms with van der Waals surface area (Å²) in [4.78, 5) is 4.67. The highest BCUT2D eigenvalue weighted by atomic mass is 16.5. The molecule has 0 saturated carbocycles. The predicted octanol–water partition coefficient (Wildman–Crippen LogP) is 6.40. The molecule has 0 saturated heterocycles. The molecule has 3 nitrogen and oxygen atoms in total. The summed E-state index contributed by atoms with van der Waals surface area (Å²) in [6.07, 6.45) is 1.67. The van der Waals surface area contributed by atoms with Crippen LogP contribution in [-0.2, 0) is 0 Å². The van der Waals surface area contributed by atoms with Crippen LogP contribution in [0.15, 0.2) is 95.7 Å². The second-order valence-electron chi connectivity index (χ2n) is 6.35. The molecule has 0 spiro atoms. The van der Waals surface area contributed by atoms with Crippen LogP contribution in [0.2, 0.25) is 0 Å². The molecule has 0 aromatic heterocycles. The fraction of sp³-hybridized carbons (Fsp3) is 0.125. The average Bonchev–Trinajstić information content (AvgIpc) is 2.69. The molecule has 3 heteroatoms. The zero-order chi connectivity index (χ0) is 19.1. The van der Waals surface area contributed by atoms with Gasteiger partial charge in [0.2, 0.25) is 5.90 Å². The molecule has 0 heterocycles. The van der Waals surface area contributed by atoms with Crippen LogP contribution in [0.5, 0.6) is 11.5 Å². The van der Waals surface area contributed by atoms with Gasteiger partial charge in [-0.1, -0.05) is 54.1 Å². The number of rotatable bonds is 5. The maximum atomic E-state index is 6.12. The van der Waals surface area contributed by atoms with Gasteiger partial charge in [0.05, 0.1) is 11.9 Å². The van der Waals surface area contributed by atoms with Crippen LogP contribution < -0.4 is 9.47 Å². The first-order valence-electron chi connectivity index (χ1n) is 8.89. The van der Waals surface area contributed by atoms with E-state index in [1.54, 1.807) is 6.26 Å². The first-order chi connectivity index (χ1) is 13.1. The number of para-hydroxylation sites is 2. The monoisotopic (exact) mass is 357 g/mol. The third-order valence-electron chi connectivity index (χ3n) is 4.02. The molecular formula is C24H23NO2. The molecule has 0 amide bonds. The summed E-state index contributed by atoms with van der Waals surface area (Å²) in [6, 6.07) is 25.5. The Morgan fingerprint density at radius 2 is 1.48 bits per heavy atom. The van der Waals surface area contributed by atoms with Crippen molar-refractivity contribution in [1.82, 2.24) is 0 Å². The van der Waals surface area contributed by atoms with Gasteiger partial charge in [0.1, 0.15) is 11.5 Å². The Labute approximate surface area is 160 Å². The van der Waals surface area contributed by atoms with Crippen LogP contribution in [0.3, 0.4) is 0 Å². The lowest BCUT2D eigenvalue weighted by atomic mass is 10.2. The lowest BCUT2D eigenvalue weighted by Crippen LogP contribution is -2.11. The van der Waals surface area contributed by atoms with Crippen molar-refractivity contribution in [3.63, 3.8) is 0 Å². The Bertz CT molecular complexity index is 942. The molecule has 0 aliphatic carbocycles. The molecule has 3 aromatic rings. The Kier molecular flexibility index (Phi) is 6.06. The minimum Gasteiger partial charge on any atom is -0.465 e. The zero-order valence-corrected chi connectivity index (χ0v) is 15.8. The summed E-state index contributed by atoms with van der Waals surface area (Å²) >= 11 is 0. The Balaban J connectivity index is 1.88. The standard InChI is InChI=1S/C24H23NO2/c1-18-13-15-22(16-14-18)26-17-20(3)24(25-21-10-5-4-6-11-21)27-23-12-8-7-9-19(23)2/h4-17H,1-3H3/b20-17+,25-24?. The predicted molar refractivity (Wildman–Crippen MR) is 111 cm³/mol. The smallest absolute Gasteiger partial charge is 0.225 e. The number of aliphatic imine (C=N–C) groups is 1. The van der Waals surface area contributed by atoms with Gasteiger partial charge in [0.15, 0.2) is 0 Å². The van der Waals surface area contributed by atoms with Crippen molar-refractivity contribution in [2.24, 2.45) is 4.99 Å². The molecule has 27 heavy (non-hydrogen) atoms. The lowest BCUT2D eigenvalue weighted by Gasteiger charge is -2.12. The van der Waals surface area contributed by atoms with E-state index < -0.39 is 0 Å². The van der Waals surface area contributed by atoms with Crippen molar-refractivity contribution in [2.75, 3.05) is 0 Å². The molecule has 0 unspecified atom stereocenters. The summed E-state index contributed by atoms with van der Waals surface area (Å²) in [5, 5.41) is 0. The molecule has 0 N–H and O–H groups in total. The topological polar surface area (TPSA) is 30.8 Å². The van der Waals surface area contributed by atoms with E-state index in [-0.39, 0.29) is 0 Å². The van der Waals surface area contributed by atoms with Crippen LogP contribution in [-0.4, -0.2) is 5.90 Å². The molecule has 0 aliphatic heterocycles. The zero-order valence-electron chi connectivity index (χ0n) is 15.8. The minimum atomic E-state index is 0.502. The van der Waals surface area contributed by atoms with E-state index in [0.717, 1.165) is 28.3 Å². The van der Waals surface area contributed by atoms with Crippen LogP contribution in [0, 0.1) is 13.8 Å². The maximum absolute atomic E-state index is 6.12. The first kappa shape index (κ1) is 18.5. The normalized spacial score (nSPS) is 12.0. The van der Waals surface area contributed by atoms with Gasteiger partial charge in [0.25, 0.3) is 0 Å². The third kappa shape index (κ3) is 5.32. The largest absolute Gasteiger partial charge is 0.465 e. The highest BCUT2D eigenvalue weighted by Gasteiger charge is 2.09. The number of nitrogens with zero attached hydrogens (tertiary/aromatic N) is 1. The van der Waals surface area contributed by atoms with Gasteiger partial charge < -0.3 is 9.47 Å². The Morgan fingerprint density at radius 1 is 0.815 bits per heavy atom. The molecule has 0 fully saturated rings. The van der Waals surface area contributed by atoms with E-state index in [9.17, 15) is 0 Å². The number of aryl methyl sites for hydroxylation is 2. The molecule has 3 aromatic carbocycles. The Hall–Kier alpha value is -3.33. The summed E-state index contributed by atoms with van der Waals surface area (Å²) in [5.74, 6) is 2.05. The van der Waals surface area contributed by atoms with Crippen molar-refractivity contribution >= 4 is 11.6 Å². The molecule has 0 atom stereocenters. The van der Waals surface area contributed by atoms with Crippen molar-refractivity contribution in [3.8, 4) is 11.5 Å². The van der Waals surface area contributed by atoms with Crippen molar-refractivity contribution in [3.05, 3.63) is 102 Å². The third-order valence-corrected chi connectivity index (χ3v) is 4.02. The SMILES string of the molecule is C/C(=C\Oc1ccc(C)cc1)C(=Nc1ccccc1)Oc1ccccc1C. The molecule has 0 radical (unpaired) electrons. The van der Waals surface area contributed by atoms with Gasteiger partial charge >= 0.3 is 0 Å². The number of benzene rings is 3. The van der Waals surface area contributed by atoms with Gasteiger partial charge in [-0.05, 0) is 56.7 Å². The fourth-order valence-corrected chi connectivity index (χ4v) is 2.41. The van der Waals surface area contributed by atoms with E-state index in [2.05, 4.69) is 4.99 Å². The first-order valence-corrected chi connectivity index (χ1v) is 8.89. The van der Waals surface area contributed by atoms with Gasteiger partial charge in [0, 0.05) is 5.57 Å². The Morgan fingerprint density at radius 3 is 2.19 bits per heavy atom. The van der Waals surface area contributed by atoms with Crippen LogP contribution in [0.25, 0.3) is 0 Å². The van der Waals surface area contributed by atoms with Crippen molar-refractivity contribution in [2.45, 2.75) is 20.8 Å². The van der Waals surface area contributed by atoms with E-state index in [1.807, 2.05) is 99.6 Å². The van der Waals surface area contributed by atoms with Crippen LogP contribution in [0.1, 0.15) is 18.1 Å². The maximum Gasteiger partial charge on any atom is 0.225 e. The van der Waals surface area contributed by atoms with Gasteiger partial charge in [-0.2, -0.15) is 0 Å². The number of hydrogen-bond acceptors (Lipinski definition) is 3. The molecule has 0 aliphatic rings. The van der Waals surface area contributed by atoms with Crippen LogP contribution >= 0.6 is 0 Å². The van der Waals surface area contributed by atoms with E-state index in [1.165, 1.54) is 5.56 Å². The number of ether oxygens (including phenoxy) is 2. The van der Waals surface area contributed by atoms with Gasteiger partial charge in [-0.3, -0.25) is 0 Å². The summed E-state index contributed by atoms with van der Waals surface area (Å²) < 4.78 is 11.9. The van der Waals surface area contributed by atoms with Crippen molar-refractivity contribution < 1.29 is 9.47 Å². The van der Waals surface area contributed by atoms with Crippen molar-refractivity contribution in [1.29, 1.82) is 0 Å². The summed E-state index contributed by atoms with van der Waals surface area (Å²) in [6.45, 7) is 5.98. The second kappa shape index (κ2) is 8.86. The van der Waals surface area contributed by atoms with Gasteiger partial charge in [-0.25, -0.2) is 4.99 Å². The van der Waals surface area contributed by atoms with Gasteiger partial charge in [-0.15, -0.1) is 0 Å². The molecular weight excluding hydrogens is 334 g/mol. The molecule has 136 valence electrons.